The first kappa shape index (κ1) is 11.8. The lowest BCUT2D eigenvalue weighted by atomic mass is 10.3. The van der Waals surface area contributed by atoms with Crippen molar-refractivity contribution in [2.75, 3.05) is 13.1 Å². The average Bonchev–Trinajstić information content (AvgIpc) is 2.66. The van der Waals surface area contributed by atoms with Crippen molar-refractivity contribution in [3.8, 4) is 0 Å². The summed E-state index contributed by atoms with van der Waals surface area (Å²) in [4.78, 5) is 17.4. The van der Waals surface area contributed by atoms with Gasteiger partial charge in [-0.3, -0.25) is 10.1 Å². The Bertz CT molecular complexity index is 443. The lowest BCUT2D eigenvalue weighted by Gasteiger charge is -2.30. The van der Waals surface area contributed by atoms with Crippen molar-refractivity contribution in [3.63, 3.8) is 0 Å². The number of nitrogens with zero attached hydrogens (tertiary/aromatic N) is 3. The molecule has 17 heavy (non-hydrogen) atoms. The van der Waals surface area contributed by atoms with Gasteiger partial charge in [-0.15, -0.1) is 11.3 Å². The maximum Gasteiger partial charge on any atom is 0.274 e. The Labute approximate surface area is 103 Å². The lowest BCUT2D eigenvalue weighted by Crippen LogP contribution is -2.39. The molecule has 1 aliphatic rings. The molecule has 1 fully saturated rings. The van der Waals surface area contributed by atoms with Gasteiger partial charge in [-0.05, 0) is 13.3 Å². The van der Waals surface area contributed by atoms with Gasteiger partial charge in [0.1, 0.15) is 0 Å². The van der Waals surface area contributed by atoms with Crippen LogP contribution in [-0.4, -0.2) is 27.9 Å². The molecule has 0 radical (unpaired) electrons. The van der Waals surface area contributed by atoms with Crippen molar-refractivity contribution in [3.05, 3.63) is 38.2 Å². The zero-order chi connectivity index (χ0) is 12.3. The molecular weight excluding hydrogens is 240 g/mol. The first-order valence-corrected chi connectivity index (χ1v) is 6.22. The fourth-order valence-corrected chi connectivity index (χ4v) is 2.59. The molecule has 1 aromatic heterocycles. The highest BCUT2D eigenvalue weighted by Gasteiger charge is 2.18. The third-order valence-electron chi connectivity index (χ3n) is 2.50. The van der Waals surface area contributed by atoms with Gasteiger partial charge in [-0.25, -0.2) is 4.98 Å². The highest BCUT2D eigenvalue weighted by molar-refractivity contribution is 7.11. The summed E-state index contributed by atoms with van der Waals surface area (Å²) in [6.45, 7) is 4.26. The quantitative estimate of drug-likeness (QED) is 0.650. The van der Waals surface area contributed by atoms with E-state index < -0.39 is 4.92 Å². The number of hydrogen-bond acceptors (Lipinski definition) is 6. The highest BCUT2D eigenvalue weighted by Crippen LogP contribution is 2.18. The van der Waals surface area contributed by atoms with E-state index in [9.17, 15) is 10.1 Å². The highest BCUT2D eigenvalue weighted by atomic mass is 32.1. The average molecular weight is 254 g/mol. The Morgan fingerprint density at radius 3 is 3.24 bits per heavy atom. The van der Waals surface area contributed by atoms with Crippen molar-refractivity contribution in [1.82, 2.24) is 15.2 Å². The van der Waals surface area contributed by atoms with Crippen LogP contribution in [0.3, 0.4) is 0 Å². The van der Waals surface area contributed by atoms with E-state index in [0.29, 0.717) is 12.4 Å². The maximum absolute atomic E-state index is 10.5. The van der Waals surface area contributed by atoms with Gasteiger partial charge in [0, 0.05) is 24.2 Å². The van der Waals surface area contributed by atoms with Gasteiger partial charge < -0.3 is 10.2 Å². The second kappa shape index (κ2) is 5.13. The van der Waals surface area contributed by atoms with E-state index in [1.54, 1.807) is 11.3 Å². The molecule has 0 saturated carbocycles. The monoisotopic (exact) mass is 254 g/mol. The van der Waals surface area contributed by atoms with Crippen LogP contribution >= 0.6 is 11.3 Å². The first-order valence-electron chi connectivity index (χ1n) is 5.40. The van der Waals surface area contributed by atoms with Crippen LogP contribution in [0.2, 0.25) is 0 Å². The van der Waals surface area contributed by atoms with E-state index in [4.69, 9.17) is 0 Å². The maximum atomic E-state index is 10.5. The molecule has 0 aromatic carbocycles. The molecule has 92 valence electrons. The summed E-state index contributed by atoms with van der Waals surface area (Å²) in [5.74, 6) is 0.590. The molecule has 0 aliphatic carbocycles. The second-order valence-corrected chi connectivity index (χ2v) is 5.17. The van der Waals surface area contributed by atoms with E-state index in [2.05, 4.69) is 10.3 Å². The van der Waals surface area contributed by atoms with E-state index in [1.807, 2.05) is 18.0 Å². The van der Waals surface area contributed by atoms with Crippen molar-refractivity contribution >= 4 is 11.3 Å². The predicted octanol–water partition coefficient (Wildman–Crippen LogP) is 1.32. The molecule has 1 saturated heterocycles. The normalized spacial score (nSPS) is 18.2. The van der Waals surface area contributed by atoms with Crippen LogP contribution in [-0.2, 0) is 6.54 Å². The Morgan fingerprint density at radius 1 is 1.76 bits per heavy atom. The van der Waals surface area contributed by atoms with Gasteiger partial charge in [-0.2, -0.15) is 0 Å². The zero-order valence-electron chi connectivity index (χ0n) is 9.55. The smallest absolute Gasteiger partial charge is 0.274 e. The summed E-state index contributed by atoms with van der Waals surface area (Å²) >= 11 is 1.62. The van der Waals surface area contributed by atoms with Crippen LogP contribution in [0.4, 0.5) is 0 Å². The lowest BCUT2D eigenvalue weighted by molar-refractivity contribution is -0.405. The topological polar surface area (TPSA) is 71.3 Å². The number of nitro groups is 1. The fraction of sp³-hybridized carbons (Fsp3) is 0.500. The van der Waals surface area contributed by atoms with Crippen LogP contribution in [0.25, 0.3) is 0 Å². The Kier molecular flexibility index (Phi) is 3.58. The Hall–Kier alpha value is -1.63. The molecule has 1 aliphatic heterocycles. The molecule has 0 unspecified atom stereocenters. The van der Waals surface area contributed by atoms with Gasteiger partial charge in [0.15, 0.2) is 5.82 Å². The molecule has 0 atom stereocenters. The van der Waals surface area contributed by atoms with Crippen LogP contribution in [0.1, 0.15) is 16.3 Å². The number of aryl methyl sites for hydroxylation is 1. The van der Waals surface area contributed by atoms with E-state index in [1.165, 1.54) is 0 Å². The minimum absolute atomic E-state index is 0.418. The van der Waals surface area contributed by atoms with Gasteiger partial charge in [0.25, 0.3) is 6.20 Å². The van der Waals surface area contributed by atoms with Gasteiger partial charge >= 0.3 is 0 Å². The summed E-state index contributed by atoms with van der Waals surface area (Å²) in [5, 5.41) is 14.6. The number of aromatic nitrogens is 1. The standard InChI is InChI=1S/C10H14N4O2S/c1-8-12-5-9(17-8)6-13-4-2-3-11-10(13)7-14(15)16/h5,7,11H,2-4,6H2,1H3/b10-7+. The van der Waals surface area contributed by atoms with Crippen LogP contribution in [0.5, 0.6) is 0 Å². The minimum atomic E-state index is -0.418. The minimum Gasteiger partial charge on any atom is -0.367 e. The number of nitrogens with one attached hydrogen (secondary N) is 1. The summed E-state index contributed by atoms with van der Waals surface area (Å²) in [7, 11) is 0. The molecule has 1 aromatic rings. The molecule has 0 bridgehead atoms. The third-order valence-corrected chi connectivity index (χ3v) is 3.39. The largest absolute Gasteiger partial charge is 0.367 e. The molecular formula is C10H14N4O2S. The van der Waals surface area contributed by atoms with Gasteiger partial charge in [0.2, 0.25) is 0 Å². The summed E-state index contributed by atoms with van der Waals surface area (Å²) in [6, 6.07) is 0. The van der Waals surface area contributed by atoms with E-state index in [0.717, 1.165) is 35.6 Å². The van der Waals surface area contributed by atoms with Crippen molar-refractivity contribution in [2.24, 2.45) is 0 Å². The fourth-order valence-electron chi connectivity index (χ4n) is 1.78. The first-order chi connectivity index (χ1) is 8.15. The van der Waals surface area contributed by atoms with E-state index in [-0.39, 0.29) is 0 Å². The third kappa shape index (κ3) is 3.16. The predicted molar refractivity (Wildman–Crippen MR) is 65.0 cm³/mol. The van der Waals surface area contributed by atoms with Gasteiger partial charge in [-0.1, -0.05) is 0 Å². The SMILES string of the molecule is Cc1ncc(CN2CCCN/C2=C\[N+](=O)[O-])s1. The number of thiazole rings is 1. The summed E-state index contributed by atoms with van der Waals surface area (Å²) < 4.78 is 0. The van der Waals surface area contributed by atoms with Gasteiger partial charge in [0.05, 0.1) is 16.5 Å². The van der Waals surface area contributed by atoms with Crippen molar-refractivity contribution in [2.45, 2.75) is 19.9 Å². The molecule has 2 heterocycles. The molecule has 6 nitrogen and oxygen atoms in total. The Balaban J connectivity index is 2.09. The van der Waals surface area contributed by atoms with Crippen LogP contribution in [0, 0.1) is 17.0 Å². The van der Waals surface area contributed by atoms with Crippen molar-refractivity contribution in [1.29, 1.82) is 0 Å². The molecule has 7 heteroatoms. The summed E-state index contributed by atoms with van der Waals surface area (Å²) in [6.07, 6.45) is 3.86. The second-order valence-electron chi connectivity index (χ2n) is 3.85. The van der Waals surface area contributed by atoms with E-state index >= 15 is 0 Å². The number of rotatable bonds is 3. The number of hydrogen-bond donors (Lipinski definition) is 1. The Morgan fingerprint density at radius 2 is 2.59 bits per heavy atom. The zero-order valence-corrected chi connectivity index (χ0v) is 10.4. The molecule has 1 N–H and O–H groups in total. The van der Waals surface area contributed by atoms with Crippen LogP contribution < -0.4 is 5.32 Å². The van der Waals surface area contributed by atoms with Crippen LogP contribution in [0.15, 0.2) is 18.2 Å². The molecule has 0 amide bonds. The summed E-state index contributed by atoms with van der Waals surface area (Å²) in [5.41, 5.74) is 0. The molecule has 2 rings (SSSR count). The molecule has 0 spiro atoms. The van der Waals surface area contributed by atoms with Crippen molar-refractivity contribution < 1.29 is 4.92 Å².